The minimum atomic E-state index is -0.566. The molecule has 0 spiro atoms. The number of nitrogens with zero attached hydrogens (tertiary/aromatic N) is 1. The lowest BCUT2D eigenvalue weighted by molar-refractivity contribution is -0.143. The number of hydrogen-bond acceptors (Lipinski definition) is 3. The molecule has 1 aliphatic carbocycles. The van der Waals surface area contributed by atoms with Crippen LogP contribution in [0.3, 0.4) is 0 Å². The molecule has 2 aromatic rings. The summed E-state index contributed by atoms with van der Waals surface area (Å²) < 4.78 is 6.66. The van der Waals surface area contributed by atoms with Crippen molar-refractivity contribution in [1.82, 2.24) is 10.2 Å². The number of nitrogens with one attached hydrogen (secondary N) is 1. The van der Waals surface area contributed by atoms with Crippen LogP contribution in [0.1, 0.15) is 57.1 Å². The van der Waals surface area contributed by atoms with Crippen molar-refractivity contribution in [2.45, 2.75) is 71.0 Å². The fourth-order valence-corrected chi connectivity index (χ4v) is 4.84. The second-order valence-electron chi connectivity index (χ2n) is 8.47. The summed E-state index contributed by atoms with van der Waals surface area (Å²) in [4.78, 5) is 28.1. The summed E-state index contributed by atoms with van der Waals surface area (Å²) in [6, 6.07) is 12.8. The van der Waals surface area contributed by atoms with Gasteiger partial charge in [0.2, 0.25) is 5.91 Å². The number of halogens is 2. The molecule has 1 N–H and O–H groups in total. The van der Waals surface area contributed by atoms with Gasteiger partial charge in [-0.1, -0.05) is 56.5 Å². The molecule has 0 saturated heterocycles. The maximum atomic E-state index is 13.3. The van der Waals surface area contributed by atoms with Gasteiger partial charge in [-0.2, -0.15) is 0 Å². The predicted octanol–water partition coefficient (Wildman–Crippen LogP) is 5.91. The van der Waals surface area contributed by atoms with E-state index in [9.17, 15) is 9.59 Å². The molecule has 7 heteroatoms. The van der Waals surface area contributed by atoms with Crippen molar-refractivity contribution in [3.05, 3.63) is 63.1 Å². The zero-order valence-electron chi connectivity index (χ0n) is 19.3. The van der Waals surface area contributed by atoms with E-state index in [1.165, 1.54) is 5.56 Å². The second kappa shape index (κ2) is 12.4. The summed E-state index contributed by atoms with van der Waals surface area (Å²) in [7, 11) is 0. The molecular formula is C26H32BrClN2O3. The van der Waals surface area contributed by atoms with Crippen molar-refractivity contribution >= 4 is 39.3 Å². The third kappa shape index (κ3) is 7.21. The van der Waals surface area contributed by atoms with Crippen LogP contribution in [0.15, 0.2) is 46.9 Å². The van der Waals surface area contributed by atoms with Crippen LogP contribution in [0, 0.1) is 0 Å². The van der Waals surface area contributed by atoms with E-state index in [2.05, 4.69) is 28.2 Å². The SMILES string of the molecule is CCc1ccc(OCC(=O)N(Cc2ccc(Cl)cc2)[C@H](CC)C(=O)NC2CCCC2)c(Br)c1. The third-order valence-corrected chi connectivity index (χ3v) is 6.98. The van der Waals surface area contributed by atoms with Gasteiger partial charge in [0, 0.05) is 17.6 Å². The predicted molar refractivity (Wildman–Crippen MR) is 135 cm³/mol. The number of ether oxygens (including phenoxy) is 1. The normalized spacial score (nSPS) is 14.7. The van der Waals surface area contributed by atoms with E-state index in [1.807, 2.05) is 37.3 Å². The number of carbonyl (C=O) groups excluding carboxylic acids is 2. The van der Waals surface area contributed by atoms with Gasteiger partial charge < -0.3 is 15.0 Å². The third-order valence-electron chi connectivity index (χ3n) is 6.11. The van der Waals surface area contributed by atoms with Gasteiger partial charge in [0.25, 0.3) is 5.91 Å². The number of hydrogen-bond donors (Lipinski definition) is 1. The van der Waals surface area contributed by atoms with Crippen LogP contribution in [-0.2, 0) is 22.6 Å². The van der Waals surface area contributed by atoms with Gasteiger partial charge >= 0.3 is 0 Å². The van der Waals surface area contributed by atoms with Crippen LogP contribution in [0.2, 0.25) is 5.02 Å². The van der Waals surface area contributed by atoms with Gasteiger partial charge in [-0.15, -0.1) is 0 Å². The maximum Gasteiger partial charge on any atom is 0.261 e. The first kappa shape index (κ1) is 25.6. The highest BCUT2D eigenvalue weighted by Gasteiger charge is 2.31. The molecule has 3 rings (SSSR count). The van der Waals surface area contributed by atoms with Crippen LogP contribution < -0.4 is 10.1 Å². The molecule has 1 atom stereocenters. The average molecular weight is 536 g/mol. The molecule has 0 aromatic heterocycles. The number of rotatable bonds is 10. The number of amides is 2. The monoisotopic (exact) mass is 534 g/mol. The Morgan fingerprint density at radius 2 is 1.79 bits per heavy atom. The smallest absolute Gasteiger partial charge is 0.261 e. The zero-order valence-corrected chi connectivity index (χ0v) is 21.6. The van der Waals surface area contributed by atoms with E-state index in [4.69, 9.17) is 16.3 Å². The molecule has 0 heterocycles. The van der Waals surface area contributed by atoms with Crippen LogP contribution in [0.5, 0.6) is 5.75 Å². The summed E-state index contributed by atoms with van der Waals surface area (Å²) in [6.07, 6.45) is 5.70. The Labute approximate surface area is 210 Å². The van der Waals surface area contributed by atoms with Gasteiger partial charge in [0.15, 0.2) is 6.61 Å². The molecule has 0 bridgehead atoms. The van der Waals surface area contributed by atoms with E-state index in [0.717, 1.165) is 42.1 Å². The first-order chi connectivity index (χ1) is 15.9. The van der Waals surface area contributed by atoms with E-state index in [1.54, 1.807) is 17.0 Å². The highest BCUT2D eigenvalue weighted by molar-refractivity contribution is 9.10. The summed E-state index contributed by atoms with van der Waals surface area (Å²) in [5, 5.41) is 3.78. The zero-order chi connectivity index (χ0) is 23.8. The Hall–Kier alpha value is -2.05. The first-order valence-electron chi connectivity index (χ1n) is 11.7. The molecule has 1 saturated carbocycles. The number of aryl methyl sites for hydroxylation is 1. The van der Waals surface area contributed by atoms with Crippen LogP contribution in [-0.4, -0.2) is 35.4 Å². The molecule has 2 amide bonds. The van der Waals surface area contributed by atoms with E-state index in [-0.39, 0.29) is 24.5 Å². The lowest BCUT2D eigenvalue weighted by Gasteiger charge is -2.31. The summed E-state index contributed by atoms with van der Waals surface area (Å²) in [5.74, 6) is 0.278. The highest BCUT2D eigenvalue weighted by atomic mass is 79.9. The minimum Gasteiger partial charge on any atom is -0.483 e. The second-order valence-corrected chi connectivity index (χ2v) is 9.76. The summed E-state index contributed by atoms with van der Waals surface area (Å²) in [6.45, 7) is 4.18. The van der Waals surface area contributed by atoms with Crippen molar-refractivity contribution < 1.29 is 14.3 Å². The first-order valence-corrected chi connectivity index (χ1v) is 12.8. The van der Waals surface area contributed by atoms with Crippen LogP contribution >= 0.6 is 27.5 Å². The Morgan fingerprint density at radius 1 is 1.12 bits per heavy atom. The van der Waals surface area contributed by atoms with Gasteiger partial charge in [0.1, 0.15) is 11.8 Å². The Balaban J connectivity index is 1.76. The molecule has 0 radical (unpaired) electrons. The van der Waals surface area contributed by atoms with Crippen molar-refractivity contribution in [3.63, 3.8) is 0 Å². The lowest BCUT2D eigenvalue weighted by Crippen LogP contribution is -2.52. The summed E-state index contributed by atoms with van der Waals surface area (Å²) in [5.41, 5.74) is 2.09. The Bertz CT molecular complexity index is 945. The van der Waals surface area contributed by atoms with Crippen LogP contribution in [0.4, 0.5) is 0 Å². The van der Waals surface area contributed by atoms with Crippen molar-refractivity contribution in [2.75, 3.05) is 6.61 Å². The molecule has 0 aliphatic heterocycles. The van der Waals surface area contributed by atoms with Gasteiger partial charge in [-0.3, -0.25) is 9.59 Å². The van der Waals surface area contributed by atoms with Gasteiger partial charge in [-0.25, -0.2) is 0 Å². The standard InChI is InChI=1S/C26H32BrClN2O3/c1-3-18-11-14-24(22(27)15-18)33-17-25(31)30(16-19-9-12-20(28)13-10-19)23(4-2)26(32)29-21-7-5-6-8-21/h9-15,21,23H,3-8,16-17H2,1-2H3,(H,29,32)/t23-/m1/s1. The van der Waals surface area contributed by atoms with E-state index >= 15 is 0 Å². The fourth-order valence-electron chi connectivity index (χ4n) is 4.18. The molecule has 1 aliphatic rings. The van der Waals surface area contributed by atoms with E-state index in [0.29, 0.717) is 23.7 Å². The van der Waals surface area contributed by atoms with Gasteiger partial charge in [-0.05, 0) is 77.0 Å². The Morgan fingerprint density at radius 3 is 2.39 bits per heavy atom. The minimum absolute atomic E-state index is 0.0970. The molecule has 33 heavy (non-hydrogen) atoms. The summed E-state index contributed by atoms with van der Waals surface area (Å²) >= 11 is 9.55. The van der Waals surface area contributed by atoms with Crippen molar-refractivity contribution in [3.8, 4) is 5.75 Å². The number of benzene rings is 2. The fraction of sp³-hybridized carbons (Fsp3) is 0.462. The molecule has 1 fully saturated rings. The largest absolute Gasteiger partial charge is 0.483 e. The maximum absolute atomic E-state index is 13.3. The molecule has 5 nitrogen and oxygen atoms in total. The highest BCUT2D eigenvalue weighted by Crippen LogP contribution is 2.26. The molecular weight excluding hydrogens is 504 g/mol. The number of carbonyl (C=O) groups is 2. The Kier molecular flexibility index (Phi) is 9.63. The quantitative estimate of drug-likeness (QED) is 0.411. The van der Waals surface area contributed by atoms with Crippen molar-refractivity contribution in [2.24, 2.45) is 0 Å². The van der Waals surface area contributed by atoms with E-state index < -0.39 is 6.04 Å². The molecule has 178 valence electrons. The molecule has 2 aromatic carbocycles. The average Bonchev–Trinajstić information content (AvgIpc) is 3.32. The van der Waals surface area contributed by atoms with Crippen molar-refractivity contribution in [1.29, 1.82) is 0 Å². The molecule has 0 unspecified atom stereocenters. The lowest BCUT2D eigenvalue weighted by atomic mass is 10.1. The van der Waals surface area contributed by atoms with Gasteiger partial charge in [0.05, 0.1) is 4.47 Å². The topological polar surface area (TPSA) is 58.6 Å². The van der Waals surface area contributed by atoms with Crippen LogP contribution in [0.25, 0.3) is 0 Å².